The van der Waals surface area contributed by atoms with Crippen LogP contribution in [0, 0.1) is 0 Å². The second-order valence-corrected chi connectivity index (χ2v) is 8.64. The molecule has 26 heavy (non-hydrogen) atoms. The van der Waals surface area contributed by atoms with Crippen LogP contribution in [0.5, 0.6) is 0 Å². The Kier molecular flexibility index (Phi) is 5.62. The number of fused-ring (bicyclic) bond motifs is 1. The van der Waals surface area contributed by atoms with Crippen LogP contribution in [0.25, 0.3) is 10.9 Å². The number of nitrogens with zero attached hydrogens (tertiary/aromatic N) is 4. The van der Waals surface area contributed by atoms with Gasteiger partial charge in [-0.15, -0.1) is 0 Å². The zero-order chi connectivity index (χ0) is 18.7. The maximum Gasteiger partial charge on any atom is 0.223 e. The summed E-state index contributed by atoms with van der Waals surface area (Å²) < 4.78 is 24.8. The highest BCUT2D eigenvalue weighted by Gasteiger charge is 2.25. The number of benzene rings is 1. The topological polar surface area (TPSA) is 78.4 Å². The summed E-state index contributed by atoms with van der Waals surface area (Å²) in [7, 11) is -3.10. The van der Waals surface area contributed by atoms with Crippen LogP contribution in [-0.2, 0) is 10.0 Å². The molecule has 8 heteroatoms. The minimum atomic E-state index is -3.10. The fourth-order valence-electron chi connectivity index (χ4n) is 3.44. The third-order valence-corrected chi connectivity index (χ3v) is 6.25. The van der Waals surface area contributed by atoms with Crippen molar-refractivity contribution in [2.45, 2.75) is 32.7 Å². The third-order valence-electron chi connectivity index (χ3n) is 4.95. The fraction of sp³-hybridized carbons (Fsp3) is 0.556. The van der Waals surface area contributed by atoms with E-state index in [0.717, 1.165) is 42.5 Å². The summed E-state index contributed by atoms with van der Waals surface area (Å²) in [5.41, 5.74) is 2.06. The van der Waals surface area contributed by atoms with Crippen molar-refractivity contribution in [3.63, 3.8) is 0 Å². The maximum absolute atomic E-state index is 11.6. The van der Waals surface area contributed by atoms with Crippen LogP contribution in [0.1, 0.15) is 26.7 Å². The molecule has 1 aliphatic heterocycles. The van der Waals surface area contributed by atoms with Gasteiger partial charge in [0.2, 0.25) is 16.0 Å². The summed E-state index contributed by atoms with van der Waals surface area (Å²) in [5.74, 6) is 0.606. The van der Waals surface area contributed by atoms with E-state index in [0.29, 0.717) is 19.0 Å². The Morgan fingerprint density at radius 3 is 2.54 bits per heavy atom. The summed E-state index contributed by atoms with van der Waals surface area (Å²) >= 11 is 0. The van der Waals surface area contributed by atoms with Crippen LogP contribution in [0.4, 0.5) is 11.6 Å². The Labute approximate surface area is 155 Å². The molecule has 1 fully saturated rings. The monoisotopic (exact) mass is 377 g/mol. The minimum Gasteiger partial charge on any atom is -0.370 e. The van der Waals surface area contributed by atoms with Crippen molar-refractivity contribution in [3.8, 4) is 0 Å². The van der Waals surface area contributed by atoms with Gasteiger partial charge >= 0.3 is 0 Å². The van der Waals surface area contributed by atoms with Gasteiger partial charge in [0, 0.05) is 43.8 Å². The lowest BCUT2D eigenvalue weighted by molar-refractivity contribution is 0.331. The van der Waals surface area contributed by atoms with Gasteiger partial charge in [-0.05, 0) is 32.8 Å². The molecule has 0 atom stereocenters. The first kappa shape index (κ1) is 18.8. The molecule has 142 valence electrons. The molecule has 1 aliphatic rings. The molecule has 0 amide bonds. The summed E-state index contributed by atoms with van der Waals surface area (Å²) in [6.07, 6.45) is 4.63. The second-order valence-electron chi connectivity index (χ2n) is 6.66. The molecule has 0 unspecified atom stereocenters. The highest BCUT2D eigenvalue weighted by molar-refractivity contribution is 7.88. The molecule has 0 aliphatic carbocycles. The van der Waals surface area contributed by atoms with Crippen molar-refractivity contribution in [1.82, 2.24) is 14.3 Å². The normalized spacial score (nSPS) is 16.7. The number of aromatic nitrogens is 2. The molecule has 0 saturated carbocycles. The van der Waals surface area contributed by atoms with Gasteiger partial charge < -0.3 is 10.2 Å². The second kappa shape index (κ2) is 7.75. The van der Waals surface area contributed by atoms with E-state index in [9.17, 15) is 8.42 Å². The Morgan fingerprint density at radius 1 is 1.23 bits per heavy atom. The minimum absolute atomic E-state index is 0.186. The van der Waals surface area contributed by atoms with Crippen molar-refractivity contribution in [2.75, 3.05) is 42.7 Å². The van der Waals surface area contributed by atoms with Gasteiger partial charge in [-0.3, -0.25) is 0 Å². The first-order valence-electron chi connectivity index (χ1n) is 9.14. The largest absolute Gasteiger partial charge is 0.370 e. The molecule has 0 bridgehead atoms. The van der Waals surface area contributed by atoms with E-state index in [4.69, 9.17) is 4.98 Å². The van der Waals surface area contributed by atoms with Crippen molar-refractivity contribution in [1.29, 1.82) is 0 Å². The van der Waals surface area contributed by atoms with Gasteiger partial charge in [-0.25, -0.2) is 22.7 Å². The molecule has 2 heterocycles. The first-order chi connectivity index (χ1) is 12.4. The van der Waals surface area contributed by atoms with Crippen LogP contribution in [-0.4, -0.2) is 61.2 Å². The van der Waals surface area contributed by atoms with E-state index < -0.39 is 10.0 Å². The molecule has 2 aromatic rings. The van der Waals surface area contributed by atoms with E-state index >= 15 is 0 Å². The number of rotatable bonds is 6. The van der Waals surface area contributed by atoms with E-state index in [1.807, 2.05) is 18.3 Å². The van der Waals surface area contributed by atoms with Gasteiger partial charge in [-0.1, -0.05) is 12.1 Å². The van der Waals surface area contributed by atoms with Crippen LogP contribution in [0.2, 0.25) is 0 Å². The summed E-state index contributed by atoms with van der Waals surface area (Å²) in [6, 6.07) is 6.34. The van der Waals surface area contributed by atoms with E-state index in [1.165, 1.54) is 10.6 Å². The molecule has 3 rings (SSSR count). The van der Waals surface area contributed by atoms with E-state index in [1.54, 1.807) is 0 Å². The van der Waals surface area contributed by atoms with Crippen molar-refractivity contribution in [3.05, 3.63) is 24.4 Å². The zero-order valence-corrected chi connectivity index (χ0v) is 16.5. The lowest BCUT2D eigenvalue weighted by atomic mass is 10.1. The molecule has 1 N–H and O–H groups in total. The van der Waals surface area contributed by atoms with Crippen molar-refractivity contribution < 1.29 is 8.42 Å². The molecule has 1 aromatic carbocycles. The highest BCUT2D eigenvalue weighted by atomic mass is 32.2. The predicted molar refractivity (Wildman–Crippen MR) is 106 cm³/mol. The van der Waals surface area contributed by atoms with Crippen molar-refractivity contribution >= 4 is 32.6 Å². The molecule has 7 nitrogen and oxygen atoms in total. The SMILES string of the molecule is CCN(CC)c1cccc2cnc(NC3CCN(S(C)(=O)=O)CC3)nc12. The number of hydrogen-bond acceptors (Lipinski definition) is 6. The smallest absolute Gasteiger partial charge is 0.223 e. The first-order valence-corrected chi connectivity index (χ1v) is 11.0. The van der Waals surface area contributed by atoms with Crippen LogP contribution >= 0.6 is 0 Å². The Bertz CT molecular complexity index is 859. The molecule has 1 aromatic heterocycles. The lowest BCUT2D eigenvalue weighted by Crippen LogP contribution is -2.42. The zero-order valence-electron chi connectivity index (χ0n) is 15.6. The van der Waals surface area contributed by atoms with Crippen LogP contribution in [0.3, 0.4) is 0 Å². The Balaban J connectivity index is 1.78. The molecule has 1 saturated heterocycles. The summed E-state index contributed by atoms with van der Waals surface area (Å²) in [6.45, 7) is 7.19. The van der Waals surface area contributed by atoms with Gasteiger partial charge in [-0.2, -0.15) is 0 Å². The predicted octanol–water partition coefficient (Wildman–Crippen LogP) is 2.31. The molecular formula is C18H27N5O2S. The summed E-state index contributed by atoms with van der Waals surface area (Å²) in [5, 5.41) is 4.41. The number of nitrogens with one attached hydrogen (secondary N) is 1. The highest BCUT2D eigenvalue weighted by Crippen LogP contribution is 2.26. The lowest BCUT2D eigenvalue weighted by Gasteiger charge is -2.30. The van der Waals surface area contributed by atoms with E-state index in [2.05, 4.69) is 35.1 Å². The fourth-order valence-corrected chi connectivity index (χ4v) is 4.32. The van der Waals surface area contributed by atoms with Gasteiger partial charge in [0.05, 0.1) is 17.5 Å². The molecular weight excluding hydrogens is 350 g/mol. The summed E-state index contributed by atoms with van der Waals surface area (Å²) in [4.78, 5) is 11.5. The van der Waals surface area contributed by atoms with Crippen LogP contribution in [0.15, 0.2) is 24.4 Å². The van der Waals surface area contributed by atoms with Gasteiger partial charge in [0.1, 0.15) is 0 Å². The number of piperidine rings is 1. The third kappa shape index (κ3) is 4.07. The maximum atomic E-state index is 11.6. The number of para-hydroxylation sites is 1. The van der Waals surface area contributed by atoms with E-state index in [-0.39, 0.29) is 6.04 Å². The quantitative estimate of drug-likeness (QED) is 0.832. The standard InChI is InChI=1S/C18H27N5O2S/c1-4-22(5-2)16-8-6-7-14-13-19-18(21-17(14)16)20-15-9-11-23(12-10-15)26(3,24)25/h6-8,13,15H,4-5,9-12H2,1-3H3,(H,19,20,21). The Hall–Kier alpha value is -1.93. The van der Waals surface area contributed by atoms with Gasteiger partial charge in [0.15, 0.2) is 0 Å². The molecule has 0 radical (unpaired) electrons. The van der Waals surface area contributed by atoms with Crippen LogP contribution < -0.4 is 10.2 Å². The average molecular weight is 378 g/mol. The number of sulfonamides is 1. The average Bonchev–Trinajstić information content (AvgIpc) is 2.63. The van der Waals surface area contributed by atoms with Crippen molar-refractivity contribution in [2.24, 2.45) is 0 Å². The van der Waals surface area contributed by atoms with Gasteiger partial charge in [0.25, 0.3) is 0 Å². The molecule has 0 spiro atoms. The number of anilines is 2. The Morgan fingerprint density at radius 2 is 1.92 bits per heavy atom. The number of hydrogen-bond donors (Lipinski definition) is 1.